The zero-order valence-corrected chi connectivity index (χ0v) is 10.6. The summed E-state index contributed by atoms with van der Waals surface area (Å²) in [4.78, 5) is 14.1. The highest BCUT2D eigenvalue weighted by atomic mass is 16.2. The summed E-state index contributed by atoms with van der Waals surface area (Å²) in [5, 5.41) is 3.44. The van der Waals surface area contributed by atoms with E-state index in [9.17, 15) is 4.79 Å². The minimum Gasteiger partial charge on any atom is -0.340 e. The van der Waals surface area contributed by atoms with Crippen LogP contribution in [-0.4, -0.2) is 36.0 Å². The molecule has 1 aliphatic heterocycles. The van der Waals surface area contributed by atoms with E-state index in [2.05, 4.69) is 19.2 Å². The Morgan fingerprint density at radius 1 is 1.44 bits per heavy atom. The molecular formula is C13H24N2O. The van der Waals surface area contributed by atoms with E-state index in [1.54, 1.807) is 0 Å². The first-order valence-corrected chi connectivity index (χ1v) is 6.60. The van der Waals surface area contributed by atoms with Crippen LogP contribution in [0.15, 0.2) is 0 Å². The molecule has 1 saturated heterocycles. The van der Waals surface area contributed by atoms with Gasteiger partial charge < -0.3 is 10.2 Å². The number of hydrogen-bond donors (Lipinski definition) is 1. The Balaban J connectivity index is 1.75. The van der Waals surface area contributed by atoms with Crippen LogP contribution >= 0.6 is 0 Å². The lowest BCUT2D eigenvalue weighted by atomic mass is 9.82. The summed E-state index contributed by atoms with van der Waals surface area (Å²) in [5.41, 5.74) is 0.0877. The fourth-order valence-corrected chi connectivity index (χ4v) is 2.62. The van der Waals surface area contributed by atoms with E-state index in [1.807, 2.05) is 4.90 Å². The Labute approximate surface area is 98.6 Å². The van der Waals surface area contributed by atoms with Crippen molar-refractivity contribution in [1.82, 2.24) is 10.2 Å². The highest BCUT2D eigenvalue weighted by molar-refractivity contribution is 5.76. The van der Waals surface area contributed by atoms with Gasteiger partial charge in [-0.15, -0.1) is 0 Å². The van der Waals surface area contributed by atoms with Crippen molar-refractivity contribution in [1.29, 1.82) is 0 Å². The van der Waals surface area contributed by atoms with E-state index >= 15 is 0 Å². The molecule has 92 valence electrons. The topological polar surface area (TPSA) is 32.3 Å². The van der Waals surface area contributed by atoms with Gasteiger partial charge in [0, 0.05) is 31.6 Å². The van der Waals surface area contributed by atoms with Gasteiger partial charge in [-0.3, -0.25) is 4.79 Å². The van der Waals surface area contributed by atoms with E-state index in [0.29, 0.717) is 5.91 Å². The first kappa shape index (κ1) is 11.9. The fourth-order valence-electron chi connectivity index (χ4n) is 2.62. The minimum atomic E-state index is 0.0877. The smallest absolute Gasteiger partial charge is 0.222 e. The summed E-state index contributed by atoms with van der Waals surface area (Å²) in [6.07, 6.45) is 5.95. The molecule has 0 aromatic carbocycles. The third-order valence-electron chi connectivity index (χ3n) is 3.92. The van der Waals surface area contributed by atoms with Crippen molar-refractivity contribution in [3.05, 3.63) is 0 Å². The third kappa shape index (κ3) is 2.97. The van der Waals surface area contributed by atoms with Crippen molar-refractivity contribution in [2.45, 2.75) is 51.5 Å². The number of carbonyl (C=O) groups is 1. The zero-order chi connectivity index (χ0) is 11.6. The van der Waals surface area contributed by atoms with Crippen molar-refractivity contribution in [3.8, 4) is 0 Å². The molecule has 2 fully saturated rings. The van der Waals surface area contributed by atoms with Crippen molar-refractivity contribution < 1.29 is 4.79 Å². The van der Waals surface area contributed by atoms with Gasteiger partial charge in [-0.05, 0) is 26.2 Å². The predicted octanol–water partition coefficient (Wildman–Crippen LogP) is 1.78. The van der Waals surface area contributed by atoms with Crippen LogP contribution in [0.5, 0.6) is 0 Å². The molecule has 2 rings (SSSR count). The molecule has 0 bridgehead atoms. The average molecular weight is 224 g/mol. The number of nitrogens with zero attached hydrogens (tertiary/aromatic N) is 1. The molecule has 1 N–H and O–H groups in total. The van der Waals surface area contributed by atoms with Gasteiger partial charge in [-0.2, -0.15) is 0 Å². The number of rotatable bonds is 3. The summed E-state index contributed by atoms with van der Waals surface area (Å²) in [5.74, 6) is 1.21. The summed E-state index contributed by atoms with van der Waals surface area (Å²) >= 11 is 0. The second kappa shape index (κ2) is 4.74. The lowest BCUT2D eigenvalue weighted by molar-refractivity contribution is -0.133. The molecule has 0 unspecified atom stereocenters. The molecular weight excluding hydrogens is 200 g/mol. The van der Waals surface area contributed by atoms with Gasteiger partial charge in [0.15, 0.2) is 0 Å². The summed E-state index contributed by atoms with van der Waals surface area (Å²) in [6.45, 7) is 7.00. The van der Waals surface area contributed by atoms with Gasteiger partial charge in [0.2, 0.25) is 5.91 Å². The molecule has 1 aliphatic carbocycles. The van der Waals surface area contributed by atoms with Crippen molar-refractivity contribution in [2.75, 3.05) is 19.6 Å². The molecule has 3 heteroatoms. The van der Waals surface area contributed by atoms with E-state index < -0.39 is 0 Å². The maximum absolute atomic E-state index is 12.0. The fraction of sp³-hybridized carbons (Fsp3) is 0.923. The van der Waals surface area contributed by atoms with E-state index in [1.165, 1.54) is 19.3 Å². The van der Waals surface area contributed by atoms with Crippen molar-refractivity contribution in [3.63, 3.8) is 0 Å². The summed E-state index contributed by atoms with van der Waals surface area (Å²) in [7, 11) is 0. The van der Waals surface area contributed by atoms with Crippen LogP contribution in [0.25, 0.3) is 0 Å². The monoisotopic (exact) mass is 224 g/mol. The standard InChI is InChI=1S/C13H24N2O/c1-13(2)10-15(9-8-14-13)12(16)7-6-11-4-3-5-11/h11,14H,3-10H2,1-2H3. The molecule has 2 aliphatic rings. The zero-order valence-electron chi connectivity index (χ0n) is 10.6. The normalized spacial score (nSPS) is 25.2. The number of piperazine rings is 1. The van der Waals surface area contributed by atoms with E-state index in [-0.39, 0.29) is 5.54 Å². The molecule has 0 spiro atoms. The van der Waals surface area contributed by atoms with Crippen LogP contribution in [-0.2, 0) is 4.79 Å². The molecule has 16 heavy (non-hydrogen) atoms. The number of amides is 1. The Hall–Kier alpha value is -0.570. The molecule has 0 radical (unpaired) electrons. The molecule has 3 nitrogen and oxygen atoms in total. The second-order valence-electron chi connectivity index (χ2n) is 5.96. The highest BCUT2D eigenvalue weighted by Crippen LogP contribution is 2.30. The van der Waals surface area contributed by atoms with Crippen LogP contribution in [0.4, 0.5) is 0 Å². The lowest BCUT2D eigenvalue weighted by Gasteiger charge is -2.39. The Bertz CT molecular complexity index is 259. The molecule has 0 aromatic rings. The van der Waals surface area contributed by atoms with Gasteiger partial charge in [-0.25, -0.2) is 0 Å². The van der Waals surface area contributed by atoms with Crippen LogP contribution < -0.4 is 5.32 Å². The van der Waals surface area contributed by atoms with Crippen LogP contribution in [0.1, 0.15) is 46.0 Å². The second-order valence-corrected chi connectivity index (χ2v) is 5.96. The number of hydrogen-bond acceptors (Lipinski definition) is 2. The van der Waals surface area contributed by atoms with Gasteiger partial charge in [-0.1, -0.05) is 19.3 Å². The molecule has 1 saturated carbocycles. The minimum absolute atomic E-state index is 0.0877. The Morgan fingerprint density at radius 2 is 2.19 bits per heavy atom. The Morgan fingerprint density at radius 3 is 2.75 bits per heavy atom. The van der Waals surface area contributed by atoms with Crippen LogP contribution in [0.2, 0.25) is 0 Å². The van der Waals surface area contributed by atoms with Gasteiger partial charge in [0.1, 0.15) is 0 Å². The molecule has 1 amide bonds. The SMILES string of the molecule is CC1(C)CN(C(=O)CCC2CCC2)CCN1. The lowest BCUT2D eigenvalue weighted by Crippen LogP contribution is -2.58. The highest BCUT2D eigenvalue weighted by Gasteiger charge is 2.28. The summed E-state index contributed by atoms with van der Waals surface area (Å²) in [6, 6.07) is 0. The van der Waals surface area contributed by atoms with E-state index in [4.69, 9.17) is 0 Å². The maximum atomic E-state index is 12.0. The largest absolute Gasteiger partial charge is 0.340 e. The van der Waals surface area contributed by atoms with Gasteiger partial charge in [0.25, 0.3) is 0 Å². The van der Waals surface area contributed by atoms with Crippen LogP contribution in [0.3, 0.4) is 0 Å². The third-order valence-corrected chi connectivity index (χ3v) is 3.92. The Kier molecular flexibility index (Phi) is 3.53. The average Bonchev–Trinajstić information content (AvgIpc) is 2.13. The molecule has 0 atom stereocenters. The maximum Gasteiger partial charge on any atom is 0.222 e. The van der Waals surface area contributed by atoms with Crippen molar-refractivity contribution in [2.24, 2.45) is 5.92 Å². The molecule has 1 heterocycles. The van der Waals surface area contributed by atoms with Gasteiger partial charge in [0.05, 0.1) is 0 Å². The first-order chi connectivity index (χ1) is 7.57. The quantitative estimate of drug-likeness (QED) is 0.792. The van der Waals surface area contributed by atoms with E-state index in [0.717, 1.165) is 38.4 Å². The molecule has 0 aromatic heterocycles. The van der Waals surface area contributed by atoms with Crippen molar-refractivity contribution >= 4 is 5.91 Å². The first-order valence-electron chi connectivity index (χ1n) is 6.60. The number of carbonyl (C=O) groups excluding carboxylic acids is 1. The number of nitrogens with one attached hydrogen (secondary N) is 1. The predicted molar refractivity (Wildman–Crippen MR) is 65.2 cm³/mol. The summed E-state index contributed by atoms with van der Waals surface area (Å²) < 4.78 is 0. The van der Waals surface area contributed by atoms with Gasteiger partial charge >= 0.3 is 0 Å². The van der Waals surface area contributed by atoms with Crippen LogP contribution in [0, 0.1) is 5.92 Å².